The van der Waals surface area contributed by atoms with Crippen molar-refractivity contribution in [1.82, 2.24) is 4.98 Å². The molecule has 1 aromatic heterocycles. The molecule has 0 aliphatic rings. The summed E-state index contributed by atoms with van der Waals surface area (Å²) in [5.74, 6) is -1.37. The SMILES string of the molecule is NC(=O)c1ncc(F)cc1Cl.O=CO. The topological polar surface area (TPSA) is 93.3 Å². The number of nitrogens with two attached hydrogens (primary N) is 1. The Bertz CT molecular complexity index is 346. The van der Waals surface area contributed by atoms with Crippen LogP contribution in [0.25, 0.3) is 0 Å². The molecule has 1 aromatic rings. The van der Waals surface area contributed by atoms with Crippen LogP contribution >= 0.6 is 11.6 Å². The molecule has 0 radical (unpaired) electrons. The Hall–Kier alpha value is -1.69. The van der Waals surface area contributed by atoms with Gasteiger partial charge in [0.2, 0.25) is 0 Å². The number of primary amides is 1. The molecule has 76 valence electrons. The summed E-state index contributed by atoms with van der Waals surface area (Å²) >= 11 is 5.42. The smallest absolute Gasteiger partial charge is 0.290 e. The van der Waals surface area contributed by atoms with Gasteiger partial charge >= 0.3 is 0 Å². The molecule has 0 spiro atoms. The number of halogens is 2. The van der Waals surface area contributed by atoms with Gasteiger partial charge in [0.15, 0.2) is 0 Å². The van der Waals surface area contributed by atoms with Crippen LogP contribution in [-0.4, -0.2) is 22.5 Å². The van der Waals surface area contributed by atoms with Crippen LogP contribution in [0.15, 0.2) is 12.3 Å². The molecule has 0 aliphatic heterocycles. The first kappa shape index (κ1) is 12.3. The average molecular weight is 221 g/mol. The van der Waals surface area contributed by atoms with E-state index >= 15 is 0 Å². The van der Waals surface area contributed by atoms with Gasteiger partial charge in [-0.3, -0.25) is 9.59 Å². The second-order valence-corrected chi connectivity index (χ2v) is 2.36. The molecule has 0 unspecified atom stereocenters. The van der Waals surface area contributed by atoms with Crippen molar-refractivity contribution in [2.45, 2.75) is 0 Å². The van der Waals surface area contributed by atoms with Crippen LogP contribution in [0.2, 0.25) is 5.02 Å². The van der Waals surface area contributed by atoms with Crippen LogP contribution in [0.4, 0.5) is 4.39 Å². The standard InChI is InChI=1S/C6H4ClFN2O.CH2O2/c7-4-1-3(8)2-10-5(4)6(9)11;2-1-3/h1-2H,(H2,9,11);1H,(H,2,3). The van der Waals surface area contributed by atoms with Gasteiger partial charge in [0.25, 0.3) is 12.4 Å². The summed E-state index contributed by atoms with van der Waals surface area (Å²) < 4.78 is 12.3. The molecule has 0 aliphatic carbocycles. The van der Waals surface area contributed by atoms with Gasteiger partial charge in [0.05, 0.1) is 11.2 Å². The van der Waals surface area contributed by atoms with Crippen LogP contribution in [0.1, 0.15) is 10.5 Å². The Morgan fingerprint density at radius 1 is 1.71 bits per heavy atom. The zero-order chi connectivity index (χ0) is 11.1. The summed E-state index contributed by atoms with van der Waals surface area (Å²) in [5.41, 5.74) is 4.74. The van der Waals surface area contributed by atoms with Gasteiger partial charge in [-0.25, -0.2) is 9.37 Å². The molecule has 1 amide bonds. The predicted molar refractivity (Wildman–Crippen MR) is 46.4 cm³/mol. The number of rotatable bonds is 1. The van der Waals surface area contributed by atoms with Crippen molar-refractivity contribution in [3.05, 3.63) is 28.8 Å². The maximum absolute atomic E-state index is 12.3. The third kappa shape index (κ3) is 3.81. The number of carbonyl (C=O) groups is 2. The summed E-state index contributed by atoms with van der Waals surface area (Å²) in [5, 5.41) is 6.82. The summed E-state index contributed by atoms with van der Waals surface area (Å²) in [6, 6.07) is 0.981. The molecular weight excluding hydrogens is 215 g/mol. The van der Waals surface area contributed by atoms with E-state index in [0.717, 1.165) is 12.3 Å². The number of carboxylic acid groups (broad SMARTS) is 1. The van der Waals surface area contributed by atoms with Crippen LogP contribution in [0, 0.1) is 5.82 Å². The van der Waals surface area contributed by atoms with Gasteiger partial charge in [-0.15, -0.1) is 0 Å². The van der Waals surface area contributed by atoms with Crippen molar-refractivity contribution in [3.8, 4) is 0 Å². The molecule has 0 saturated carbocycles. The Balaban J connectivity index is 0.000000500. The summed E-state index contributed by atoms with van der Waals surface area (Å²) in [6.07, 6.45) is 0.881. The second-order valence-electron chi connectivity index (χ2n) is 1.95. The normalized spacial score (nSPS) is 8.43. The second kappa shape index (κ2) is 5.87. The van der Waals surface area contributed by atoms with Crippen molar-refractivity contribution >= 4 is 24.0 Å². The highest BCUT2D eigenvalue weighted by Crippen LogP contribution is 2.13. The monoisotopic (exact) mass is 220 g/mol. The number of nitrogens with zero attached hydrogens (tertiary/aromatic N) is 1. The van der Waals surface area contributed by atoms with E-state index in [0.29, 0.717) is 0 Å². The van der Waals surface area contributed by atoms with Gasteiger partial charge in [0.1, 0.15) is 11.5 Å². The molecule has 0 atom stereocenters. The molecule has 1 heterocycles. The van der Waals surface area contributed by atoms with E-state index < -0.39 is 11.7 Å². The minimum absolute atomic E-state index is 0.0718. The van der Waals surface area contributed by atoms with Crippen molar-refractivity contribution in [2.24, 2.45) is 5.73 Å². The van der Waals surface area contributed by atoms with Crippen LogP contribution in [0.3, 0.4) is 0 Å². The molecular formula is C7H6ClFN2O3. The summed E-state index contributed by atoms with van der Waals surface area (Å²) in [7, 11) is 0. The minimum atomic E-state index is -0.769. The molecule has 14 heavy (non-hydrogen) atoms. The van der Waals surface area contributed by atoms with Crippen molar-refractivity contribution < 1.29 is 19.1 Å². The maximum atomic E-state index is 12.3. The number of aromatic nitrogens is 1. The van der Waals surface area contributed by atoms with Crippen LogP contribution in [-0.2, 0) is 4.79 Å². The molecule has 1 rings (SSSR count). The van der Waals surface area contributed by atoms with E-state index in [2.05, 4.69) is 4.98 Å². The van der Waals surface area contributed by atoms with Crippen LogP contribution in [0.5, 0.6) is 0 Å². The molecule has 3 N–H and O–H groups in total. The van der Waals surface area contributed by atoms with Crippen molar-refractivity contribution in [3.63, 3.8) is 0 Å². The van der Waals surface area contributed by atoms with Crippen molar-refractivity contribution in [1.29, 1.82) is 0 Å². The number of amides is 1. The fourth-order valence-electron chi connectivity index (χ4n) is 0.596. The lowest BCUT2D eigenvalue weighted by Crippen LogP contribution is -2.13. The zero-order valence-corrected chi connectivity index (χ0v) is 7.53. The Kier molecular flexibility index (Phi) is 5.16. The largest absolute Gasteiger partial charge is 0.483 e. The van der Waals surface area contributed by atoms with E-state index in [1.807, 2.05) is 0 Å². The third-order valence-electron chi connectivity index (χ3n) is 1.04. The fraction of sp³-hybridized carbons (Fsp3) is 0. The lowest BCUT2D eigenvalue weighted by atomic mass is 10.3. The van der Waals surface area contributed by atoms with Gasteiger partial charge in [-0.2, -0.15) is 0 Å². The molecule has 5 nitrogen and oxygen atoms in total. The van der Waals surface area contributed by atoms with Gasteiger partial charge < -0.3 is 10.8 Å². The molecule has 0 saturated heterocycles. The predicted octanol–water partition coefficient (Wildman–Crippen LogP) is 0.674. The molecule has 0 aromatic carbocycles. The first-order valence-corrected chi connectivity index (χ1v) is 3.59. The average Bonchev–Trinajstić information content (AvgIpc) is 2.04. The maximum Gasteiger partial charge on any atom is 0.290 e. The zero-order valence-electron chi connectivity index (χ0n) is 6.78. The lowest BCUT2D eigenvalue weighted by Gasteiger charge is -1.96. The minimum Gasteiger partial charge on any atom is -0.483 e. The van der Waals surface area contributed by atoms with E-state index in [1.54, 1.807) is 0 Å². The summed E-state index contributed by atoms with van der Waals surface area (Å²) in [6.45, 7) is -0.250. The molecule has 7 heteroatoms. The molecule has 0 fully saturated rings. The molecule has 0 bridgehead atoms. The number of pyridine rings is 1. The van der Waals surface area contributed by atoms with E-state index in [1.165, 1.54) is 0 Å². The van der Waals surface area contributed by atoms with E-state index in [9.17, 15) is 9.18 Å². The van der Waals surface area contributed by atoms with Gasteiger partial charge in [-0.05, 0) is 6.07 Å². The highest BCUT2D eigenvalue weighted by Gasteiger charge is 2.07. The highest BCUT2D eigenvalue weighted by atomic mass is 35.5. The van der Waals surface area contributed by atoms with Crippen LogP contribution < -0.4 is 5.73 Å². The lowest BCUT2D eigenvalue weighted by molar-refractivity contribution is -0.122. The Morgan fingerprint density at radius 3 is 2.57 bits per heavy atom. The van der Waals surface area contributed by atoms with Gasteiger partial charge in [-0.1, -0.05) is 11.6 Å². The fourth-order valence-corrected chi connectivity index (χ4v) is 0.842. The third-order valence-corrected chi connectivity index (χ3v) is 1.33. The Morgan fingerprint density at radius 2 is 2.21 bits per heavy atom. The van der Waals surface area contributed by atoms with Gasteiger partial charge in [0, 0.05) is 0 Å². The number of hydrogen-bond acceptors (Lipinski definition) is 3. The first-order chi connectivity index (χ1) is 6.52. The Labute approximate surface area is 83.3 Å². The number of carbonyl (C=O) groups excluding carboxylic acids is 1. The van der Waals surface area contributed by atoms with E-state index in [-0.39, 0.29) is 17.2 Å². The first-order valence-electron chi connectivity index (χ1n) is 3.21. The summed E-state index contributed by atoms with van der Waals surface area (Å²) in [4.78, 5) is 22.2. The van der Waals surface area contributed by atoms with Crippen molar-refractivity contribution in [2.75, 3.05) is 0 Å². The number of hydrogen-bond donors (Lipinski definition) is 2. The van der Waals surface area contributed by atoms with E-state index in [4.69, 9.17) is 27.2 Å². The quantitative estimate of drug-likeness (QED) is 0.681. The highest BCUT2D eigenvalue weighted by molar-refractivity contribution is 6.33.